The van der Waals surface area contributed by atoms with Gasteiger partial charge in [-0.25, -0.2) is 4.98 Å². The molecule has 0 saturated heterocycles. The number of nitrogens with one attached hydrogen (secondary N) is 2. The number of halogens is 1. The van der Waals surface area contributed by atoms with Crippen LogP contribution in [0.15, 0.2) is 60.0 Å². The zero-order valence-electron chi connectivity index (χ0n) is 17.4. The molecule has 1 heterocycles. The van der Waals surface area contributed by atoms with Crippen molar-refractivity contribution in [2.24, 2.45) is 0 Å². The van der Waals surface area contributed by atoms with Crippen LogP contribution in [0.1, 0.15) is 51.5 Å². The van der Waals surface area contributed by atoms with E-state index in [1.165, 1.54) is 11.3 Å². The van der Waals surface area contributed by atoms with Gasteiger partial charge in [-0.2, -0.15) is 0 Å². The summed E-state index contributed by atoms with van der Waals surface area (Å²) in [5.74, 6) is 0.363. The summed E-state index contributed by atoms with van der Waals surface area (Å²) in [4.78, 5) is 29.8. The zero-order valence-corrected chi connectivity index (χ0v) is 19.0. The van der Waals surface area contributed by atoms with Crippen molar-refractivity contribution >= 4 is 34.8 Å². The van der Waals surface area contributed by atoms with Gasteiger partial charge in [0.25, 0.3) is 11.8 Å². The van der Waals surface area contributed by atoms with Gasteiger partial charge in [0.1, 0.15) is 23.1 Å². The number of ether oxygens (including phenoxy) is 1. The maximum absolute atomic E-state index is 12.8. The molecule has 3 aromatic rings. The van der Waals surface area contributed by atoms with Gasteiger partial charge < -0.3 is 15.4 Å². The molecular formula is C24H24ClN3O3S. The van der Waals surface area contributed by atoms with E-state index in [-0.39, 0.29) is 23.9 Å². The Kier molecular flexibility index (Phi) is 7.39. The Morgan fingerprint density at radius 2 is 1.62 bits per heavy atom. The van der Waals surface area contributed by atoms with Crippen LogP contribution >= 0.6 is 22.9 Å². The van der Waals surface area contributed by atoms with Crippen LogP contribution in [0.2, 0.25) is 5.02 Å². The van der Waals surface area contributed by atoms with Crippen molar-refractivity contribution < 1.29 is 14.3 Å². The molecule has 1 saturated carbocycles. The fourth-order valence-electron chi connectivity index (χ4n) is 3.71. The third-order valence-corrected chi connectivity index (χ3v) is 6.47. The minimum Gasteiger partial charge on any atom is -0.486 e. The first-order chi connectivity index (χ1) is 15.6. The molecule has 1 aliphatic rings. The van der Waals surface area contributed by atoms with Crippen LogP contribution in [0, 0.1) is 0 Å². The molecular weight excluding hydrogens is 446 g/mol. The molecule has 2 N–H and O–H groups in total. The van der Waals surface area contributed by atoms with Gasteiger partial charge in [-0.05, 0) is 49.2 Å². The molecule has 0 spiro atoms. The van der Waals surface area contributed by atoms with Crippen molar-refractivity contribution in [3.63, 3.8) is 0 Å². The number of para-hydroxylation sites is 1. The quantitative estimate of drug-likeness (QED) is 0.518. The number of aromatic nitrogens is 1. The molecule has 8 heteroatoms. The van der Waals surface area contributed by atoms with Gasteiger partial charge in [0.2, 0.25) is 0 Å². The second-order valence-corrected chi connectivity index (χ2v) is 9.06. The van der Waals surface area contributed by atoms with Crippen molar-refractivity contribution in [1.29, 1.82) is 0 Å². The summed E-state index contributed by atoms with van der Waals surface area (Å²) in [6.07, 6.45) is 3.64. The number of carbonyl (C=O) groups excluding carboxylic acids is 2. The summed E-state index contributed by atoms with van der Waals surface area (Å²) < 4.78 is 5.71. The van der Waals surface area contributed by atoms with Crippen LogP contribution < -0.4 is 15.4 Å². The molecule has 32 heavy (non-hydrogen) atoms. The molecule has 1 aromatic heterocycles. The number of amides is 2. The molecule has 2 amide bonds. The lowest BCUT2D eigenvalue weighted by atomic mass is 9.90. The van der Waals surface area contributed by atoms with E-state index in [1.54, 1.807) is 29.6 Å². The van der Waals surface area contributed by atoms with E-state index >= 15 is 0 Å². The van der Waals surface area contributed by atoms with Crippen molar-refractivity contribution in [2.75, 3.05) is 0 Å². The van der Waals surface area contributed by atoms with Crippen molar-refractivity contribution in [3.8, 4) is 5.75 Å². The van der Waals surface area contributed by atoms with E-state index < -0.39 is 0 Å². The predicted molar refractivity (Wildman–Crippen MR) is 125 cm³/mol. The average Bonchev–Trinajstić information content (AvgIpc) is 3.29. The lowest BCUT2D eigenvalue weighted by Gasteiger charge is -2.32. The molecule has 6 nitrogen and oxygen atoms in total. The molecule has 0 bridgehead atoms. The monoisotopic (exact) mass is 469 g/mol. The summed E-state index contributed by atoms with van der Waals surface area (Å²) in [5.41, 5.74) is 0.919. The predicted octanol–water partition coefficient (Wildman–Crippen LogP) is 4.85. The summed E-state index contributed by atoms with van der Waals surface area (Å²) in [7, 11) is 0. The van der Waals surface area contributed by atoms with E-state index in [0.717, 1.165) is 36.4 Å². The highest BCUT2D eigenvalue weighted by Crippen LogP contribution is 2.21. The van der Waals surface area contributed by atoms with Crippen molar-refractivity contribution in [1.82, 2.24) is 15.6 Å². The smallest absolute Gasteiger partial charge is 0.271 e. The Morgan fingerprint density at radius 1 is 0.969 bits per heavy atom. The fourth-order valence-corrected chi connectivity index (χ4v) is 4.53. The van der Waals surface area contributed by atoms with Crippen LogP contribution in [-0.2, 0) is 6.61 Å². The van der Waals surface area contributed by atoms with Gasteiger partial charge in [-0.3, -0.25) is 9.59 Å². The van der Waals surface area contributed by atoms with E-state index in [1.807, 2.05) is 30.3 Å². The number of benzene rings is 2. The zero-order chi connectivity index (χ0) is 22.3. The average molecular weight is 470 g/mol. The second kappa shape index (κ2) is 10.6. The Hall–Kier alpha value is -2.90. The highest BCUT2D eigenvalue weighted by molar-refractivity contribution is 7.09. The number of hydrogen-bond donors (Lipinski definition) is 2. The molecule has 1 aliphatic carbocycles. The van der Waals surface area contributed by atoms with E-state index in [9.17, 15) is 9.59 Å². The normalized spacial score (nSPS) is 18.0. The van der Waals surface area contributed by atoms with Gasteiger partial charge in [0, 0.05) is 28.0 Å². The fraction of sp³-hybridized carbons (Fsp3) is 0.292. The topological polar surface area (TPSA) is 80.3 Å². The Morgan fingerprint density at radius 3 is 2.31 bits per heavy atom. The number of nitrogens with zero attached hydrogens (tertiary/aromatic N) is 1. The van der Waals surface area contributed by atoms with Crippen LogP contribution in [-0.4, -0.2) is 28.9 Å². The molecule has 2 aromatic carbocycles. The molecule has 1 fully saturated rings. The maximum atomic E-state index is 12.8. The van der Waals surface area contributed by atoms with Crippen LogP contribution in [0.5, 0.6) is 5.75 Å². The second-order valence-electron chi connectivity index (χ2n) is 7.68. The summed E-state index contributed by atoms with van der Waals surface area (Å²) in [6.45, 7) is 0.311. The standard InChI is InChI=1S/C24H24ClN3O3S/c25-17-12-10-16(11-13-17)23(29)27-19-8-4-5-9-20(19)28-24(30)21-15-32-22(26-21)14-31-18-6-2-1-3-7-18/h1-3,6-7,10-13,15,19-20H,4-5,8-9,14H2,(H,27,29)(H,28,30)/t19-,20-/m1/s1. The SMILES string of the molecule is O=C(N[C@@H]1CCCC[C@H]1NC(=O)c1csc(COc2ccccc2)n1)c1ccc(Cl)cc1. The number of carbonyl (C=O) groups is 2. The Bertz CT molecular complexity index is 1060. The van der Waals surface area contributed by atoms with Crippen LogP contribution in [0.25, 0.3) is 0 Å². The summed E-state index contributed by atoms with van der Waals surface area (Å²) >= 11 is 7.30. The third kappa shape index (κ3) is 5.87. The largest absolute Gasteiger partial charge is 0.486 e. The minimum absolute atomic E-state index is 0.129. The maximum Gasteiger partial charge on any atom is 0.271 e. The molecule has 0 unspecified atom stereocenters. The molecule has 166 valence electrons. The van der Waals surface area contributed by atoms with Gasteiger partial charge >= 0.3 is 0 Å². The van der Waals surface area contributed by atoms with E-state index in [2.05, 4.69) is 15.6 Å². The van der Waals surface area contributed by atoms with Gasteiger partial charge in [-0.15, -0.1) is 11.3 Å². The third-order valence-electron chi connectivity index (χ3n) is 5.40. The Balaban J connectivity index is 1.34. The van der Waals surface area contributed by atoms with Crippen molar-refractivity contribution in [2.45, 2.75) is 44.4 Å². The molecule has 2 atom stereocenters. The minimum atomic E-state index is -0.232. The highest BCUT2D eigenvalue weighted by Gasteiger charge is 2.29. The lowest BCUT2D eigenvalue weighted by Crippen LogP contribution is -2.53. The molecule has 4 rings (SSSR count). The lowest BCUT2D eigenvalue weighted by molar-refractivity contribution is 0.0860. The number of thiazole rings is 1. The van der Waals surface area contributed by atoms with E-state index in [4.69, 9.17) is 16.3 Å². The molecule has 0 aliphatic heterocycles. The summed E-state index contributed by atoms with van der Waals surface area (Å²) in [5, 5.41) is 9.19. The van der Waals surface area contributed by atoms with Crippen LogP contribution in [0.4, 0.5) is 0 Å². The van der Waals surface area contributed by atoms with Gasteiger partial charge in [0.15, 0.2) is 0 Å². The first kappa shape index (κ1) is 22.3. The summed E-state index contributed by atoms with van der Waals surface area (Å²) in [6, 6.07) is 16.0. The number of hydrogen-bond acceptors (Lipinski definition) is 5. The first-order valence-electron chi connectivity index (χ1n) is 10.6. The Labute approximate surface area is 196 Å². The van der Waals surface area contributed by atoms with Gasteiger partial charge in [-0.1, -0.05) is 42.6 Å². The molecule has 0 radical (unpaired) electrons. The number of rotatable bonds is 7. The van der Waals surface area contributed by atoms with Crippen molar-refractivity contribution in [3.05, 3.63) is 81.3 Å². The van der Waals surface area contributed by atoms with Gasteiger partial charge in [0.05, 0.1) is 0 Å². The highest BCUT2D eigenvalue weighted by atomic mass is 35.5. The first-order valence-corrected chi connectivity index (χ1v) is 11.8. The van der Waals surface area contributed by atoms with E-state index in [0.29, 0.717) is 22.9 Å². The van der Waals surface area contributed by atoms with Crippen LogP contribution in [0.3, 0.4) is 0 Å².